The molecular formula is C19H26O2. The molecular weight excluding hydrogens is 260 g/mol. The van der Waals surface area contributed by atoms with E-state index >= 15 is 0 Å². The molecule has 3 rings (SSSR count). The van der Waals surface area contributed by atoms with E-state index in [9.17, 15) is 4.79 Å². The zero-order valence-electron chi connectivity index (χ0n) is 13.0. The molecule has 0 amide bonds. The third kappa shape index (κ3) is 3.30. The molecule has 0 bridgehead atoms. The molecule has 1 aromatic carbocycles. The molecule has 0 spiro atoms. The van der Waals surface area contributed by atoms with Gasteiger partial charge in [0.05, 0.1) is 6.61 Å². The van der Waals surface area contributed by atoms with E-state index < -0.39 is 0 Å². The molecule has 1 aliphatic heterocycles. The van der Waals surface area contributed by atoms with Crippen LogP contribution < -0.4 is 4.74 Å². The maximum absolute atomic E-state index is 12.6. The molecule has 2 aliphatic rings. The van der Waals surface area contributed by atoms with E-state index in [2.05, 4.69) is 19.1 Å². The van der Waals surface area contributed by atoms with Gasteiger partial charge in [-0.2, -0.15) is 0 Å². The van der Waals surface area contributed by atoms with Gasteiger partial charge in [-0.1, -0.05) is 31.5 Å². The van der Waals surface area contributed by atoms with Gasteiger partial charge in [-0.05, 0) is 55.6 Å². The highest BCUT2D eigenvalue weighted by Crippen LogP contribution is 2.38. The Kier molecular flexibility index (Phi) is 4.62. The molecule has 21 heavy (non-hydrogen) atoms. The molecule has 0 saturated heterocycles. The van der Waals surface area contributed by atoms with Crippen molar-refractivity contribution in [2.24, 2.45) is 11.8 Å². The number of Topliss-reactive ketones (excluding diaryl/α,β-unsaturated/α-hetero) is 1. The number of para-hydroxylation sites is 1. The minimum atomic E-state index is 0.322. The zero-order valence-corrected chi connectivity index (χ0v) is 13.0. The molecule has 1 fully saturated rings. The van der Waals surface area contributed by atoms with E-state index in [0.717, 1.165) is 37.5 Å². The molecule has 0 N–H and O–H groups in total. The first-order valence-electron chi connectivity index (χ1n) is 8.52. The smallest absolute Gasteiger partial charge is 0.136 e. The average molecular weight is 286 g/mol. The number of fused-ring (bicyclic) bond motifs is 1. The van der Waals surface area contributed by atoms with E-state index in [4.69, 9.17) is 4.74 Å². The van der Waals surface area contributed by atoms with Crippen molar-refractivity contribution < 1.29 is 9.53 Å². The van der Waals surface area contributed by atoms with E-state index in [1.807, 2.05) is 12.1 Å². The summed E-state index contributed by atoms with van der Waals surface area (Å²) in [6.45, 7) is 3.02. The van der Waals surface area contributed by atoms with Crippen molar-refractivity contribution in [3.63, 3.8) is 0 Å². The number of hydrogen-bond donors (Lipinski definition) is 0. The normalized spacial score (nSPS) is 28.5. The van der Waals surface area contributed by atoms with Crippen LogP contribution in [0.25, 0.3) is 0 Å². The summed E-state index contributed by atoms with van der Waals surface area (Å²) in [6, 6.07) is 8.21. The second-order valence-corrected chi connectivity index (χ2v) is 6.67. The predicted molar refractivity (Wildman–Crippen MR) is 84.7 cm³/mol. The highest BCUT2D eigenvalue weighted by molar-refractivity contribution is 5.82. The fourth-order valence-corrected chi connectivity index (χ4v) is 3.93. The van der Waals surface area contributed by atoms with Gasteiger partial charge in [0.2, 0.25) is 0 Å². The lowest BCUT2D eigenvalue weighted by Gasteiger charge is -2.30. The largest absolute Gasteiger partial charge is 0.493 e. The number of ketones is 1. The topological polar surface area (TPSA) is 26.3 Å². The molecule has 0 aromatic heterocycles. The quantitative estimate of drug-likeness (QED) is 0.800. The lowest BCUT2D eigenvalue weighted by Crippen LogP contribution is -2.25. The Morgan fingerprint density at radius 1 is 1.14 bits per heavy atom. The number of carbonyl (C=O) groups excluding carboxylic acids is 1. The number of rotatable bonds is 4. The Morgan fingerprint density at radius 3 is 2.67 bits per heavy atom. The van der Waals surface area contributed by atoms with E-state index in [1.54, 1.807) is 0 Å². The summed E-state index contributed by atoms with van der Waals surface area (Å²) < 4.78 is 5.70. The number of hydrogen-bond acceptors (Lipinski definition) is 2. The van der Waals surface area contributed by atoms with Crippen LogP contribution in [0.3, 0.4) is 0 Å². The zero-order chi connectivity index (χ0) is 14.7. The lowest BCUT2D eigenvalue weighted by atomic mass is 9.76. The van der Waals surface area contributed by atoms with E-state index in [1.165, 1.54) is 24.8 Å². The Labute approximate surface area is 127 Å². The minimum Gasteiger partial charge on any atom is -0.493 e. The molecule has 2 heteroatoms. The van der Waals surface area contributed by atoms with Crippen molar-refractivity contribution in [3.05, 3.63) is 29.8 Å². The third-order valence-electron chi connectivity index (χ3n) is 5.41. The van der Waals surface area contributed by atoms with Crippen LogP contribution in [0.1, 0.15) is 63.4 Å². The van der Waals surface area contributed by atoms with Crippen LogP contribution in [0.15, 0.2) is 24.3 Å². The van der Waals surface area contributed by atoms with Gasteiger partial charge in [-0.15, -0.1) is 0 Å². The third-order valence-corrected chi connectivity index (χ3v) is 5.41. The monoisotopic (exact) mass is 286 g/mol. The Bertz CT molecular complexity index is 486. The number of benzene rings is 1. The minimum absolute atomic E-state index is 0.322. The summed E-state index contributed by atoms with van der Waals surface area (Å²) in [5.74, 6) is 3.02. The number of ether oxygens (including phenoxy) is 1. The van der Waals surface area contributed by atoms with Gasteiger partial charge in [0.1, 0.15) is 11.5 Å². The molecule has 1 saturated carbocycles. The first-order chi connectivity index (χ1) is 10.3. The number of carbonyl (C=O) groups is 1. The summed E-state index contributed by atoms with van der Waals surface area (Å²) in [7, 11) is 0. The summed E-state index contributed by atoms with van der Waals surface area (Å²) >= 11 is 0. The van der Waals surface area contributed by atoms with Crippen LogP contribution in [0.2, 0.25) is 0 Å². The summed E-state index contributed by atoms with van der Waals surface area (Å²) in [5.41, 5.74) is 1.24. The second-order valence-electron chi connectivity index (χ2n) is 6.67. The highest BCUT2D eigenvalue weighted by atomic mass is 16.5. The molecule has 114 valence electrons. The van der Waals surface area contributed by atoms with Gasteiger partial charge in [0.25, 0.3) is 0 Å². The Hall–Kier alpha value is -1.31. The molecule has 0 radical (unpaired) electrons. The van der Waals surface area contributed by atoms with Crippen LogP contribution >= 0.6 is 0 Å². The standard InChI is InChI=1S/C19H26O2/c1-2-14-7-9-15(10-8-14)18(20)13-16-11-12-21-19-6-4-3-5-17(16)19/h3-6,14-16H,2,7-13H2,1H3. The molecule has 1 heterocycles. The van der Waals surface area contributed by atoms with Crippen LogP contribution in [-0.2, 0) is 4.79 Å². The van der Waals surface area contributed by atoms with Crippen molar-refractivity contribution in [3.8, 4) is 5.75 Å². The summed E-state index contributed by atoms with van der Waals surface area (Å²) in [4.78, 5) is 12.6. The van der Waals surface area contributed by atoms with E-state index in [0.29, 0.717) is 24.0 Å². The van der Waals surface area contributed by atoms with Crippen molar-refractivity contribution in [2.75, 3.05) is 6.61 Å². The first-order valence-corrected chi connectivity index (χ1v) is 8.52. The van der Waals surface area contributed by atoms with Crippen molar-refractivity contribution in [2.45, 2.75) is 57.8 Å². The summed E-state index contributed by atoms with van der Waals surface area (Å²) in [6.07, 6.45) is 7.68. The predicted octanol–water partition coefficient (Wildman–Crippen LogP) is 4.73. The SMILES string of the molecule is CCC1CCC(C(=O)CC2CCOc3ccccc32)CC1. The van der Waals surface area contributed by atoms with Gasteiger partial charge in [-0.25, -0.2) is 0 Å². The Morgan fingerprint density at radius 2 is 1.90 bits per heavy atom. The van der Waals surface area contributed by atoms with Gasteiger partial charge in [-0.3, -0.25) is 4.79 Å². The van der Waals surface area contributed by atoms with E-state index in [-0.39, 0.29) is 0 Å². The molecule has 1 atom stereocenters. The van der Waals surface area contributed by atoms with Gasteiger partial charge in [0, 0.05) is 12.3 Å². The van der Waals surface area contributed by atoms with Gasteiger partial charge >= 0.3 is 0 Å². The second kappa shape index (κ2) is 6.64. The lowest BCUT2D eigenvalue weighted by molar-refractivity contribution is -0.124. The van der Waals surface area contributed by atoms with Crippen molar-refractivity contribution in [1.29, 1.82) is 0 Å². The summed E-state index contributed by atoms with van der Waals surface area (Å²) in [5, 5.41) is 0. The van der Waals surface area contributed by atoms with Crippen molar-refractivity contribution in [1.82, 2.24) is 0 Å². The van der Waals surface area contributed by atoms with Gasteiger partial charge in [0.15, 0.2) is 0 Å². The maximum atomic E-state index is 12.6. The molecule has 1 aromatic rings. The van der Waals surface area contributed by atoms with Crippen LogP contribution in [0, 0.1) is 11.8 Å². The van der Waals surface area contributed by atoms with Crippen LogP contribution in [0.5, 0.6) is 5.75 Å². The highest BCUT2D eigenvalue weighted by Gasteiger charge is 2.29. The van der Waals surface area contributed by atoms with Crippen LogP contribution in [0.4, 0.5) is 0 Å². The average Bonchev–Trinajstić information content (AvgIpc) is 2.55. The van der Waals surface area contributed by atoms with Crippen molar-refractivity contribution >= 4 is 5.78 Å². The molecule has 2 nitrogen and oxygen atoms in total. The fraction of sp³-hybridized carbons (Fsp3) is 0.632. The molecule has 1 unspecified atom stereocenters. The first kappa shape index (κ1) is 14.6. The maximum Gasteiger partial charge on any atom is 0.136 e. The van der Waals surface area contributed by atoms with Crippen LogP contribution in [-0.4, -0.2) is 12.4 Å². The van der Waals surface area contributed by atoms with Gasteiger partial charge < -0.3 is 4.74 Å². The molecule has 1 aliphatic carbocycles. The Balaban J connectivity index is 1.61. The fourth-order valence-electron chi connectivity index (χ4n) is 3.93.